The Morgan fingerprint density at radius 2 is 2.09 bits per heavy atom. The summed E-state index contributed by atoms with van der Waals surface area (Å²) in [5, 5.41) is 4.41. The van der Waals surface area contributed by atoms with Gasteiger partial charge < -0.3 is 4.90 Å². The summed E-state index contributed by atoms with van der Waals surface area (Å²) in [4.78, 5) is 18.6. The van der Waals surface area contributed by atoms with Crippen molar-refractivity contribution in [2.45, 2.75) is 32.7 Å². The predicted molar refractivity (Wildman–Crippen MR) is 80.1 cm³/mol. The third-order valence-corrected chi connectivity index (χ3v) is 4.04. The molecule has 0 N–H and O–H groups in total. The highest BCUT2D eigenvalue weighted by atomic mass is 19.1. The highest BCUT2D eigenvalue weighted by Gasteiger charge is 2.28. The van der Waals surface area contributed by atoms with Crippen LogP contribution in [-0.2, 0) is 0 Å². The van der Waals surface area contributed by atoms with Crippen molar-refractivity contribution < 1.29 is 9.18 Å². The van der Waals surface area contributed by atoms with Crippen LogP contribution in [-0.4, -0.2) is 38.7 Å². The van der Waals surface area contributed by atoms with Gasteiger partial charge >= 0.3 is 0 Å². The number of carbonyl (C=O) groups is 1. The summed E-state index contributed by atoms with van der Waals surface area (Å²) in [7, 11) is 0. The highest BCUT2D eigenvalue weighted by Crippen LogP contribution is 2.24. The van der Waals surface area contributed by atoms with Crippen LogP contribution < -0.4 is 0 Å². The quantitative estimate of drug-likeness (QED) is 0.856. The van der Waals surface area contributed by atoms with E-state index < -0.39 is 5.82 Å². The lowest BCUT2D eigenvalue weighted by atomic mass is 10.0. The van der Waals surface area contributed by atoms with Crippen LogP contribution in [0, 0.1) is 19.7 Å². The standard InChI is InChI=1S/C16H19FN4O/c1-11-18-12(2)21(19-11)13-6-5-9-20(10-13)16(22)14-7-3-4-8-15(14)17/h3-4,7-8,13H,5-6,9-10H2,1-2H3. The van der Waals surface area contributed by atoms with Gasteiger partial charge in [-0.05, 0) is 38.8 Å². The van der Waals surface area contributed by atoms with Crippen molar-refractivity contribution in [1.29, 1.82) is 0 Å². The van der Waals surface area contributed by atoms with Crippen molar-refractivity contribution in [3.8, 4) is 0 Å². The Bertz CT molecular complexity index is 697. The second kappa shape index (κ2) is 5.87. The van der Waals surface area contributed by atoms with Crippen molar-refractivity contribution in [2.75, 3.05) is 13.1 Å². The maximum absolute atomic E-state index is 13.8. The molecule has 1 amide bonds. The summed E-state index contributed by atoms with van der Waals surface area (Å²) >= 11 is 0. The summed E-state index contributed by atoms with van der Waals surface area (Å²) in [5.41, 5.74) is 0.134. The second-order valence-corrected chi connectivity index (χ2v) is 5.68. The molecule has 0 saturated carbocycles. The first-order valence-corrected chi connectivity index (χ1v) is 7.50. The number of hydrogen-bond donors (Lipinski definition) is 0. The first-order valence-electron chi connectivity index (χ1n) is 7.50. The van der Waals surface area contributed by atoms with Gasteiger partial charge in [0.25, 0.3) is 5.91 Å². The van der Waals surface area contributed by atoms with Crippen LogP contribution in [0.15, 0.2) is 24.3 Å². The third-order valence-electron chi connectivity index (χ3n) is 4.04. The molecular formula is C16H19FN4O. The number of benzene rings is 1. The van der Waals surface area contributed by atoms with E-state index in [1.165, 1.54) is 12.1 Å². The van der Waals surface area contributed by atoms with Gasteiger partial charge in [0.05, 0.1) is 11.6 Å². The highest BCUT2D eigenvalue weighted by molar-refractivity contribution is 5.94. The number of aromatic nitrogens is 3. The number of nitrogens with zero attached hydrogens (tertiary/aromatic N) is 4. The lowest BCUT2D eigenvalue weighted by molar-refractivity contribution is 0.0666. The van der Waals surface area contributed by atoms with Gasteiger partial charge in [0.2, 0.25) is 0 Å². The SMILES string of the molecule is Cc1nc(C)n(C2CCCN(C(=O)c3ccccc3F)C2)n1. The summed E-state index contributed by atoms with van der Waals surface area (Å²) in [5.74, 6) is 0.859. The largest absolute Gasteiger partial charge is 0.336 e. The molecule has 1 aromatic carbocycles. The number of amides is 1. The van der Waals surface area contributed by atoms with E-state index in [4.69, 9.17) is 0 Å². The lowest BCUT2D eigenvalue weighted by Crippen LogP contribution is -2.41. The molecule has 1 aliphatic rings. The van der Waals surface area contributed by atoms with Gasteiger partial charge in [0.15, 0.2) is 0 Å². The van der Waals surface area contributed by atoms with E-state index in [1.807, 2.05) is 18.5 Å². The van der Waals surface area contributed by atoms with Gasteiger partial charge in [0, 0.05) is 13.1 Å². The normalized spacial score (nSPS) is 18.5. The average molecular weight is 302 g/mol. The second-order valence-electron chi connectivity index (χ2n) is 5.68. The molecule has 1 aliphatic heterocycles. The topological polar surface area (TPSA) is 51.0 Å². The fourth-order valence-corrected chi connectivity index (χ4v) is 3.03. The molecule has 22 heavy (non-hydrogen) atoms. The minimum Gasteiger partial charge on any atom is -0.336 e. The van der Waals surface area contributed by atoms with E-state index in [-0.39, 0.29) is 17.5 Å². The smallest absolute Gasteiger partial charge is 0.256 e. The Morgan fingerprint density at radius 3 is 2.77 bits per heavy atom. The number of likely N-dealkylation sites (tertiary alicyclic amines) is 1. The Hall–Kier alpha value is -2.24. The minimum absolute atomic E-state index is 0.102. The number of halogens is 1. The molecule has 116 valence electrons. The molecule has 0 spiro atoms. The number of aryl methyl sites for hydroxylation is 2. The van der Waals surface area contributed by atoms with E-state index in [0.29, 0.717) is 13.1 Å². The molecule has 0 aliphatic carbocycles. The van der Waals surface area contributed by atoms with Crippen LogP contribution in [0.3, 0.4) is 0 Å². The first kappa shape index (κ1) is 14.7. The molecule has 1 aromatic heterocycles. The molecule has 1 fully saturated rings. The monoisotopic (exact) mass is 302 g/mol. The molecule has 0 radical (unpaired) electrons. The van der Waals surface area contributed by atoms with Crippen molar-refractivity contribution in [1.82, 2.24) is 19.7 Å². The fourth-order valence-electron chi connectivity index (χ4n) is 3.03. The molecule has 1 unspecified atom stereocenters. The summed E-state index contributed by atoms with van der Waals surface area (Å²) < 4.78 is 15.7. The van der Waals surface area contributed by atoms with Crippen LogP contribution in [0.5, 0.6) is 0 Å². The zero-order valence-electron chi connectivity index (χ0n) is 12.8. The molecule has 6 heteroatoms. The Kier molecular flexibility index (Phi) is 3.92. The van der Waals surface area contributed by atoms with Crippen LogP contribution in [0.1, 0.15) is 40.9 Å². The first-order chi connectivity index (χ1) is 10.6. The minimum atomic E-state index is -0.470. The Balaban J connectivity index is 1.80. The van der Waals surface area contributed by atoms with Crippen molar-refractivity contribution in [2.24, 2.45) is 0 Å². The molecule has 1 atom stereocenters. The average Bonchev–Trinajstić information content (AvgIpc) is 2.86. The van der Waals surface area contributed by atoms with Gasteiger partial charge in [-0.3, -0.25) is 4.79 Å². The van der Waals surface area contributed by atoms with E-state index in [2.05, 4.69) is 10.1 Å². The van der Waals surface area contributed by atoms with Gasteiger partial charge in [-0.1, -0.05) is 12.1 Å². The van der Waals surface area contributed by atoms with Crippen LogP contribution in [0.2, 0.25) is 0 Å². The molecule has 3 rings (SSSR count). The third kappa shape index (κ3) is 2.73. The Labute approximate surface area is 128 Å². The number of rotatable bonds is 2. The maximum atomic E-state index is 13.8. The van der Waals surface area contributed by atoms with Gasteiger partial charge in [-0.2, -0.15) is 5.10 Å². The number of piperidine rings is 1. The van der Waals surface area contributed by atoms with Gasteiger partial charge in [-0.25, -0.2) is 14.1 Å². The number of hydrogen-bond acceptors (Lipinski definition) is 3. The van der Waals surface area contributed by atoms with E-state index >= 15 is 0 Å². The zero-order valence-corrected chi connectivity index (χ0v) is 12.8. The summed E-state index contributed by atoms with van der Waals surface area (Å²) in [6.07, 6.45) is 1.83. The van der Waals surface area contributed by atoms with Crippen molar-refractivity contribution >= 4 is 5.91 Å². The summed E-state index contributed by atoms with van der Waals surface area (Å²) in [6.45, 7) is 4.96. The van der Waals surface area contributed by atoms with E-state index in [9.17, 15) is 9.18 Å². The number of carbonyl (C=O) groups excluding carboxylic acids is 1. The van der Waals surface area contributed by atoms with Crippen LogP contribution in [0.4, 0.5) is 4.39 Å². The maximum Gasteiger partial charge on any atom is 0.256 e. The van der Waals surface area contributed by atoms with Crippen LogP contribution >= 0.6 is 0 Å². The molecule has 2 aromatic rings. The molecule has 5 nitrogen and oxygen atoms in total. The van der Waals surface area contributed by atoms with Crippen molar-refractivity contribution in [3.05, 3.63) is 47.3 Å². The van der Waals surface area contributed by atoms with Crippen LogP contribution in [0.25, 0.3) is 0 Å². The fraction of sp³-hybridized carbons (Fsp3) is 0.438. The van der Waals surface area contributed by atoms with Gasteiger partial charge in [0.1, 0.15) is 17.5 Å². The zero-order chi connectivity index (χ0) is 15.7. The van der Waals surface area contributed by atoms with E-state index in [1.54, 1.807) is 17.0 Å². The van der Waals surface area contributed by atoms with Crippen molar-refractivity contribution in [3.63, 3.8) is 0 Å². The van der Waals surface area contributed by atoms with E-state index in [0.717, 1.165) is 24.5 Å². The molecule has 2 heterocycles. The molecular weight excluding hydrogens is 283 g/mol. The summed E-state index contributed by atoms with van der Waals surface area (Å²) in [6, 6.07) is 6.23. The molecule has 1 saturated heterocycles. The Morgan fingerprint density at radius 1 is 1.32 bits per heavy atom. The molecule has 0 bridgehead atoms. The lowest BCUT2D eigenvalue weighted by Gasteiger charge is -2.33. The predicted octanol–water partition coefficient (Wildman–Crippen LogP) is 2.51. The van der Waals surface area contributed by atoms with Gasteiger partial charge in [-0.15, -0.1) is 0 Å².